The molecule has 0 aliphatic carbocycles. The number of likely N-dealkylation sites (N-methyl/N-ethyl adjacent to an activating group) is 1. The summed E-state index contributed by atoms with van der Waals surface area (Å²) in [4.78, 5) is 25.3. The molecule has 3 aromatic rings. The smallest absolute Gasteiger partial charge is 0.274 e. The zero-order chi connectivity index (χ0) is 20.4. The van der Waals surface area contributed by atoms with Gasteiger partial charge in [0.1, 0.15) is 17.5 Å². The molecule has 1 aliphatic rings. The van der Waals surface area contributed by atoms with E-state index in [0.717, 1.165) is 6.42 Å². The van der Waals surface area contributed by atoms with Crippen LogP contribution in [0.4, 0.5) is 10.2 Å². The van der Waals surface area contributed by atoms with E-state index in [4.69, 9.17) is 5.73 Å². The molecule has 1 fully saturated rings. The molecule has 150 valence electrons. The molecule has 9 heteroatoms. The van der Waals surface area contributed by atoms with Crippen molar-refractivity contribution >= 4 is 11.7 Å². The molecule has 2 N–H and O–H groups in total. The van der Waals surface area contributed by atoms with Crippen LogP contribution < -0.4 is 5.73 Å². The summed E-state index contributed by atoms with van der Waals surface area (Å²) in [6, 6.07) is 9.52. The molecule has 8 nitrogen and oxygen atoms in total. The molecule has 0 saturated carbocycles. The molecular weight excluding hydrogens is 373 g/mol. The monoisotopic (exact) mass is 395 g/mol. The molecular formula is C20H22FN7O. The summed E-state index contributed by atoms with van der Waals surface area (Å²) in [5.74, 6) is 0.689. The van der Waals surface area contributed by atoms with Crippen molar-refractivity contribution in [2.24, 2.45) is 0 Å². The third kappa shape index (κ3) is 4.24. The molecule has 3 heterocycles. The average Bonchev–Trinajstić information content (AvgIpc) is 3.38. The lowest BCUT2D eigenvalue weighted by Gasteiger charge is -2.23. The Morgan fingerprint density at radius 2 is 2.07 bits per heavy atom. The number of nitrogen functional groups attached to an aromatic ring is 1. The van der Waals surface area contributed by atoms with Crippen LogP contribution in [0.15, 0.2) is 48.8 Å². The molecule has 29 heavy (non-hydrogen) atoms. The number of likely N-dealkylation sites (tertiary alicyclic amines) is 1. The van der Waals surface area contributed by atoms with Gasteiger partial charge in [0.2, 0.25) is 0 Å². The summed E-state index contributed by atoms with van der Waals surface area (Å²) in [6.45, 7) is 1.84. The fraction of sp³-hybridized carbons (Fsp3) is 0.300. The van der Waals surface area contributed by atoms with Crippen LogP contribution in [0.3, 0.4) is 0 Å². The van der Waals surface area contributed by atoms with Crippen LogP contribution in [-0.2, 0) is 6.54 Å². The van der Waals surface area contributed by atoms with Crippen molar-refractivity contribution in [2.45, 2.75) is 19.0 Å². The number of amides is 1. The average molecular weight is 395 g/mol. The Kier molecular flexibility index (Phi) is 5.22. The summed E-state index contributed by atoms with van der Waals surface area (Å²) in [5, 5.41) is 4.36. The molecule has 1 amide bonds. The molecule has 4 rings (SSSR count). The van der Waals surface area contributed by atoms with Crippen LogP contribution in [0.5, 0.6) is 0 Å². The van der Waals surface area contributed by atoms with E-state index in [1.807, 2.05) is 7.05 Å². The van der Waals surface area contributed by atoms with Gasteiger partial charge >= 0.3 is 0 Å². The first-order valence-electron chi connectivity index (χ1n) is 9.38. The maximum Gasteiger partial charge on any atom is 0.274 e. The molecule has 1 saturated heterocycles. The van der Waals surface area contributed by atoms with Gasteiger partial charge < -0.3 is 10.6 Å². The maximum atomic E-state index is 13.1. The Bertz CT molecular complexity index is 1000. The van der Waals surface area contributed by atoms with Gasteiger partial charge in [0.25, 0.3) is 5.91 Å². The van der Waals surface area contributed by atoms with E-state index in [0.29, 0.717) is 42.7 Å². The van der Waals surface area contributed by atoms with E-state index in [2.05, 4.69) is 20.0 Å². The highest BCUT2D eigenvalue weighted by molar-refractivity contribution is 5.92. The van der Waals surface area contributed by atoms with Crippen molar-refractivity contribution in [3.05, 3.63) is 66.1 Å². The van der Waals surface area contributed by atoms with Gasteiger partial charge in [-0.05, 0) is 49.9 Å². The fourth-order valence-electron chi connectivity index (χ4n) is 3.47. The quantitative estimate of drug-likeness (QED) is 0.707. The highest BCUT2D eigenvalue weighted by Gasteiger charge is 2.30. The minimum Gasteiger partial charge on any atom is -0.384 e. The highest BCUT2D eigenvalue weighted by atomic mass is 19.1. The minimum absolute atomic E-state index is 0.109. The second-order valence-corrected chi connectivity index (χ2v) is 7.13. The number of halogens is 1. The first-order valence-corrected chi connectivity index (χ1v) is 9.38. The number of nitrogens with zero attached hydrogens (tertiary/aromatic N) is 6. The number of nitrogens with two attached hydrogens (primary N) is 1. The minimum atomic E-state index is -0.312. The first-order chi connectivity index (χ1) is 14.0. The summed E-state index contributed by atoms with van der Waals surface area (Å²) in [7, 11) is 1.99. The number of carbonyl (C=O) groups excluding carboxylic acids is 1. The van der Waals surface area contributed by atoms with Gasteiger partial charge in [0.05, 0.1) is 12.2 Å². The Balaban J connectivity index is 1.38. The second-order valence-electron chi connectivity index (χ2n) is 7.13. The van der Waals surface area contributed by atoms with Crippen LogP contribution in [0.25, 0.3) is 5.69 Å². The lowest BCUT2D eigenvalue weighted by molar-refractivity contribution is 0.0773. The van der Waals surface area contributed by atoms with E-state index in [1.54, 1.807) is 46.2 Å². The second kappa shape index (κ2) is 7.96. The van der Waals surface area contributed by atoms with Gasteiger partial charge in [0, 0.05) is 31.5 Å². The summed E-state index contributed by atoms with van der Waals surface area (Å²) in [6.07, 6.45) is 4.22. The van der Waals surface area contributed by atoms with E-state index in [1.165, 1.54) is 12.1 Å². The third-order valence-electron chi connectivity index (χ3n) is 5.09. The largest absolute Gasteiger partial charge is 0.384 e. The molecule has 0 spiro atoms. The number of anilines is 1. The highest BCUT2D eigenvalue weighted by Crippen LogP contribution is 2.18. The molecule has 2 aromatic heterocycles. The van der Waals surface area contributed by atoms with Crippen LogP contribution >= 0.6 is 0 Å². The summed E-state index contributed by atoms with van der Waals surface area (Å²) in [5.41, 5.74) is 6.79. The standard InChI is InChI=1S/C20H22FN7O/c1-26(13-19-23-9-6-18(22)24-19)16-7-10-27(12-16)20(29)17-8-11-28(25-17)15-4-2-14(21)3-5-15/h2-6,8-9,11,16H,7,10,12-13H2,1H3,(H2,22,23,24)/t16-/m1/s1. The van der Waals surface area contributed by atoms with Crippen LogP contribution in [0, 0.1) is 5.82 Å². The number of rotatable bonds is 5. The van der Waals surface area contributed by atoms with E-state index in [-0.39, 0.29) is 17.8 Å². The predicted molar refractivity (Wildman–Crippen MR) is 106 cm³/mol. The zero-order valence-electron chi connectivity index (χ0n) is 16.1. The molecule has 1 aromatic carbocycles. The Morgan fingerprint density at radius 1 is 1.28 bits per heavy atom. The van der Waals surface area contributed by atoms with Crippen LogP contribution in [0.2, 0.25) is 0 Å². The molecule has 0 bridgehead atoms. The number of hydrogen-bond donors (Lipinski definition) is 1. The van der Waals surface area contributed by atoms with Gasteiger partial charge in [-0.15, -0.1) is 0 Å². The van der Waals surface area contributed by atoms with Crippen molar-refractivity contribution < 1.29 is 9.18 Å². The summed E-state index contributed by atoms with van der Waals surface area (Å²) < 4.78 is 14.7. The Hall–Kier alpha value is -3.33. The number of hydrogen-bond acceptors (Lipinski definition) is 6. The van der Waals surface area contributed by atoms with Crippen LogP contribution in [-0.4, -0.2) is 61.6 Å². The van der Waals surface area contributed by atoms with Gasteiger partial charge in [-0.25, -0.2) is 19.0 Å². The number of carbonyl (C=O) groups is 1. The lowest BCUT2D eigenvalue weighted by Crippen LogP contribution is -2.36. The van der Waals surface area contributed by atoms with Gasteiger partial charge in [0.15, 0.2) is 5.69 Å². The fourth-order valence-corrected chi connectivity index (χ4v) is 3.47. The van der Waals surface area contributed by atoms with Gasteiger partial charge in [-0.1, -0.05) is 0 Å². The van der Waals surface area contributed by atoms with E-state index in [9.17, 15) is 9.18 Å². The Morgan fingerprint density at radius 3 is 2.83 bits per heavy atom. The molecule has 0 unspecified atom stereocenters. The number of aromatic nitrogens is 4. The maximum absolute atomic E-state index is 13.1. The van der Waals surface area contributed by atoms with Crippen molar-refractivity contribution in [3.8, 4) is 5.69 Å². The SMILES string of the molecule is CN(Cc1nccc(N)n1)[C@@H]1CCN(C(=O)c2ccn(-c3ccc(F)cc3)n2)C1. The van der Waals surface area contributed by atoms with Gasteiger partial charge in [-0.2, -0.15) is 5.10 Å². The van der Waals surface area contributed by atoms with E-state index < -0.39 is 0 Å². The third-order valence-corrected chi connectivity index (χ3v) is 5.09. The van der Waals surface area contributed by atoms with Gasteiger partial charge in [-0.3, -0.25) is 9.69 Å². The molecule has 1 aliphatic heterocycles. The normalized spacial score (nSPS) is 16.5. The topological polar surface area (TPSA) is 93.2 Å². The van der Waals surface area contributed by atoms with E-state index >= 15 is 0 Å². The van der Waals surface area contributed by atoms with Crippen molar-refractivity contribution in [2.75, 3.05) is 25.9 Å². The molecule has 0 radical (unpaired) electrons. The zero-order valence-corrected chi connectivity index (χ0v) is 16.1. The number of benzene rings is 1. The lowest BCUT2D eigenvalue weighted by atomic mass is 10.2. The molecule has 1 atom stereocenters. The van der Waals surface area contributed by atoms with Crippen molar-refractivity contribution in [1.29, 1.82) is 0 Å². The Labute approximate surface area is 167 Å². The van der Waals surface area contributed by atoms with Crippen molar-refractivity contribution in [3.63, 3.8) is 0 Å². The summed E-state index contributed by atoms with van der Waals surface area (Å²) >= 11 is 0. The van der Waals surface area contributed by atoms with Crippen LogP contribution in [0.1, 0.15) is 22.7 Å². The first kappa shape index (κ1) is 19.0. The predicted octanol–water partition coefficient (Wildman–Crippen LogP) is 1.73. The van der Waals surface area contributed by atoms with Crippen molar-refractivity contribution in [1.82, 2.24) is 29.5 Å².